The molecule has 2 N–H and O–H groups in total. The maximum absolute atomic E-state index is 12.5. The van der Waals surface area contributed by atoms with Crippen LogP contribution in [0.5, 0.6) is 0 Å². The van der Waals surface area contributed by atoms with E-state index < -0.39 is 0 Å². The average Bonchev–Trinajstić information content (AvgIpc) is 2.94. The van der Waals surface area contributed by atoms with Crippen molar-refractivity contribution in [3.8, 4) is 11.5 Å². The summed E-state index contributed by atoms with van der Waals surface area (Å²) in [5.74, 6) is 1.34. The first kappa shape index (κ1) is 19.0. The number of urea groups is 1. The van der Waals surface area contributed by atoms with Gasteiger partial charge in [0.25, 0.3) is 0 Å². The van der Waals surface area contributed by atoms with Crippen LogP contribution in [-0.2, 0) is 0 Å². The fraction of sp³-hybridized carbons (Fsp3) is 0.474. The Hall–Kier alpha value is -2.34. The Morgan fingerprint density at radius 2 is 2.04 bits per heavy atom. The number of carbonyl (C=O) groups is 1. The molecule has 1 aromatic heterocycles. The SMILES string of the molecule is CCCCN(CCCO)C(=O)Nc1cccc(-c2nc(C)c(C)o2)c1. The van der Waals surface area contributed by atoms with Crippen molar-refractivity contribution in [1.82, 2.24) is 9.88 Å². The van der Waals surface area contributed by atoms with Gasteiger partial charge in [-0.2, -0.15) is 0 Å². The van der Waals surface area contributed by atoms with Gasteiger partial charge in [0.15, 0.2) is 0 Å². The van der Waals surface area contributed by atoms with E-state index >= 15 is 0 Å². The minimum absolute atomic E-state index is 0.0776. The molecule has 2 rings (SSSR count). The first-order valence-corrected chi connectivity index (χ1v) is 8.76. The topological polar surface area (TPSA) is 78.6 Å². The van der Waals surface area contributed by atoms with Crippen LogP contribution in [0.25, 0.3) is 11.5 Å². The van der Waals surface area contributed by atoms with Crippen LogP contribution in [0.2, 0.25) is 0 Å². The third kappa shape index (κ3) is 5.32. The third-order valence-electron chi connectivity index (χ3n) is 4.04. The van der Waals surface area contributed by atoms with Crippen molar-refractivity contribution in [3.63, 3.8) is 0 Å². The molecule has 0 saturated heterocycles. The Morgan fingerprint density at radius 1 is 1.28 bits per heavy atom. The van der Waals surface area contributed by atoms with Crippen molar-refractivity contribution in [1.29, 1.82) is 0 Å². The number of aliphatic hydroxyl groups excluding tert-OH is 1. The van der Waals surface area contributed by atoms with Gasteiger partial charge >= 0.3 is 6.03 Å². The van der Waals surface area contributed by atoms with Gasteiger partial charge < -0.3 is 19.7 Å². The molecule has 0 atom stereocenters. The molecule has 1 heterocycles. The van der Waals surface area contributed by atoms with Crippen LogP contribution >= 0.6 is 0 Å². The number of oxazole rings is 1. The number of hydrogen-bond donors (Lipinski definition) is 2. The second kappa shape index (κ2) is 9.22. The lowest BCUT2D eigenvalue weighted by molar-refractivity contribution is 0.201. The lowest BCUT2D eigenvalue weighted by Crippen LogP contribution is -2.36. The number of amides is 2. The molecule has 2 amide bonds. The minimum Gasteiger partial charge on any atom is -0.441 e. The summed E-state index contributed by atoms with van der Waals surface area (Å²) in [6.45, 7) is 7.17. The minimum atomic E-state index is -0.154. The summed E-state index contributed by atoms with van der Waals surface area (Å²) in [6, 6.07) is 7.31. The molecule has 2 aromatic rings. The number of unbranched alkanes of at least 4 members (excludes halogenated alkanes) is 1. The molecule has 0 radical (unpaired) electrons. The molecule has 0 unspecified atom stereocenters. The van der Waals surface area contributed by atoms with Crippen LogP contribution in [0, 0.1) is 13.8 Å². The Labute approximate surface area is 148 Å². The molecule has 6 nitrogen and oxygen atoms in total. The first-order valence-electron chi connectivity index (χ1n) is 8.76. The van der Waals surface area contributed by atoms with Crippen LogP contribution < -0.4 is 5.32 Å². The van der Waals surface area contributed by atoms with E-state index in [0.717, 1.165) is 29.9 Å². The maximum atomic E-state index is 12.5. The van der Waals surface area contributed by atoms with E-state index in [9.17, 15) is 4.79 Å². The van der Waals surface area contributed by atoms with E-state index in [1.54, 1.807) is 4.90 Å². The number of carbonyl (C=O) groups excluding carboxylic acids is 1. The molecule has 25 heavy (non-hydrogen) atoms. The predicted molar refractivity (Wildman–Crippen MR) is 98.6 cm³/mol. The standard InChI is InChI=1S/C19H27N3O3/c1-4-5-10-22(11-7-12-23)19(24)21-17-9-6-8-16(13-17)18-20-14(2)15(3)25-18/h6,8-9,13,23H,4-5,7,10-12H2,1-3H3,(H,21,24). The summed E-state index contributed by atoms with van der Waals surface area (Å²) in [4.78, 5) is 18.7. The van der Waals surface area contributed by atoms with E-state index in [1.165, 1.54) is 0 Å². The van der Waals surface area contributed by atoms with Gasteiger partial charge in [-0.3, -0.25) is 0 Å². The second-order valence-electron chi connectivity index (χ2n) is 6.09. The van der Waals surface area contributed by atoms with Gasteiger partial charge in [0.05, 0.1) is 5.69 Å². The Morgan fingerprint density at radius 3 is 2.68 bits per heavy atom. The van der Waals surface area contributed by atoms with Gasteiger partial charge in [-0.15, -0.1) is 0 Å². The molecule has 0 aliphatic carbocycles. The second-order valence-corrected chi connectivity index (χ2v) is 6.09. The lowest BCUT2D eigenvalue weighted by atomic mass is 10.2. The highest BCUT2D eigenvalue weighted by Gasteiger charge is 2.14. The van der Waals surface area contributed by atoms with Gasteiger partial charge in [0, 0.05) is 30.9 Å². The number of aryl methyl sites for hydroxylation is 2. The quantitative estimate of drug-likeness (QED) is 0.758. The molecular weight excluding hydrogens is 318 g/mol. The highest BCUT2D eigenvalue weighted by molar-refractivity contribution is 5.90. The lowest BCUT2D eigenvalue weighted by Gasteiger charge is -2.22. The van der Waals surface area contributed by atoms with Crippen LogP contribution in [0.15, 0.2) is 28.7 Å². The summed E-state index contributed by atoms with van der Waals surface area (Å²) in [6.07, 6.45) is 2.53. The van der Waals surface area contributed by atoms with E-state index in [4.69, 9.17) is 9.52 Å². The van der Waals surface area contributed by atoms with Crippen LogP contribution in [0.3, 0.4) is 0 Å². The molecule has 0 fully saturated rings. The van der Waals surface area contributed by atoms with Crippen molar-refractivity contribution >= 4 is 11.7 Å². The molecular formula is C19H27N3O3. The molecule has 6 heteroatoms. The zero-order valence-corrected chi connectivity index (χ0v) is 15.2. The largest absolute Gasteiger partial charge is 0.441 e. The number of nitrogens with one attached hydrogen (secondary N) is 1. The fourth-order valence-corrected chi connectivity index (χ4v) is 2.45. The first-order chi connectivity index (χ1) is 12.0. The summed E-state index contributed by atoms with van der Waals surface area (Å²) in [5, 5.41) is 12.0. The van der Waals surface area contributed by atoms with Crippen molar-refractivity contribution in [2.75, 3.05) is 25.0 Å². The number of rotatable bonds is 8. The van der Waals surface area contributed by atoms with Gasteiger partial charge in [0.2, 0.25) is 5.89 Å². The smallest absolute Gasteiger partial charge is 0.321 e. The number of aliphatic hydroxyl groups is 1. The monoisotopic (exact) mass is 345 g/mol. The van der Waals surface area contributed by atoms with Crippen molar-refractivity contribution in [2.24, 2.45) is 0 Å². The number of hydrogen-bond acceptors (Lipinski definition) is 4. The van der Waals surface area contributed by atoms with Crippen molar-refractivity contribution in [2.45, 2.75) is 40.0 Å². The molecule has 0 spiro atoms. The van der Waals surface area contributed by atoms with Crippen LogP contribution in [0.1, 0.15) is 37.6 Å². The molecule has 0 saturated carbocycles. The van der Waals surface area contributed by atoms with E-state index in [1.807, 2.05) is 38.1 Å². The maximum Gasteiger partial charge on any atom is 0.321 e. The van der Waals surface area contributed by atoms with E-state index in [0.29, 0.717) is 31.1 Å². The number of anilines is 1. The molecule has 0 aliphatic rings. The zero-order valence-electron chi connectivity index (χ0n) is 15.2. The molecule has 0 bridgehead atoms. The predicted octanol–water partition coefficient (Wildman–Crippen LogP) is 3.97. The number of benzene rings is 1. The van der Waals surface area contributed by atoms with Gasteiger partial charge in [-0.05, 0) is 44.9 Å². The van der Waals surface area contributed by atoms with Gasteiger partial charge in [0.1, 0.15) is 5.76 Å². The molecule has 136 valence electrons. The molecule has 1 aromatic carbocycles. The summed E-state index contributed by atoms with van der Waals surface area (Å²) >= 11 is 0. The number of nitrogens with zero attached hydrogens (tertiary/aromatic N) is 2. The Bertz CT molecular complexity index is 669. The van der Waals surface area contributed by atoms with E-state index in [-0.39, 0.29) is 12.6 Å². The normalized spacial score (nSPS) is 10.7. The van der Waals surface area contributed by atoms with Gasteiger partial charge in [-0.25, -0.2) is 9.78 Å². The summed E-state index contributed by atoms with van der Waals surface area (Å²) in [7, 11) is 0. The highest BCUT2D eigenvalue weighted by Crippen LogP contribution is 2.24. The van der Waals surface area contributed by atoms with Crippen LogP contribution in [-0.4, -0.2) is 40.7 Å². The van der Waals surface area contributed by atoms with Crippen molar-refractivity contribution < 1.29 is 14.3 Å². The third-order valence-corrected chi connectivity index (χ3v) is 4.04. The summed E-state index contributed by atoms with van der Waals surface area (Å²) < 4.78 is 5.65. The number of aromatic nitrogens is 1. The zero-order chi connectivity index (χ0) is 18.2. The van der Waals surface area contributed by atoms with Crippen LogP contribution in [0.4, 0.5) is 10.5 Å². The van der Waals surface area contributed by atoms with E-state index in [2.05, 4.69) is 17.2 Å². The Kier molecular flexibility index (Phi) is 7.01. The molecule has 0 aliphatic heterocycles. The van der Waals surface area contributed by atoms with Crippen molar-refractivity contribution in [3.05, 3.63) is 35.7 Å². The summed E-state index contributed by atoms with van der Waals surface area (Å²) in [5.41, 5.74) is 2.38. The Balaban J connectivity index is 2.10. The van der Waals surface area contributed by atoms with Gasteiger partial charge in [-0.1, -0.05) is 19.4 Å². The highest BCUT2D eigenvalue weighted by atomic mass is 16.4. The fourth-order valence-electron chi connectivity index (χ4n) is 2.45. The average molecular weight is 345 g/mol.